The molecule has 8 heteroatoms. The molecule has 0 spiro atoms. The molecule has 2 aromatic heterocycles. The maximum Gasteiger partial charge on any atom is 0.407 e. The molecule has 0 radical (unpaired) electrons. The molecule has 0 fully saturated rings. The van der Waals surface area contributed by atoms with Gasteiger partial charge in [-0.3, -0.25) is 0 Å². The Labute approximate surface area is 144 Å². The van der Waals surface area contributed by atoms with Crippen LogP contribution in [-0.4, -0.2) is 40.9 Å². The second-order valence-corrected chi connectivity index (χ2v) is 6.98. The number of thiophene rings is 1. The quantitative estimate of drug-likeness (QED) is 0.838. The first-order valence-electron chi connectivity index (χ1n) is 7.46. The highest BCUT2D eigenvalue weighted by Crippen LogP contribution is 2.23. The fourth-order valence-corrected chi connectivity index (χ4v) is 2.87. The minimum absolute atomic E-state index is 0.383. The first kappa shape index (κ1) is 18.0. The first-order valence-corrected chi connectivity index (χ1v) is 8.34. The van der Waals surface area contributed by atoms with Gasteiger partial charge in [-0.2, -0.15) is 0 Å². The molecule has 7 nitrogen and oxygen atoms in total. The van der Waals surface area contributed by atoms with Crippen LogP contribution in [0.4, 0.5) is 4.79 Å². The summed E-state index contributed by atoms with van der Waals surface area (Å²) in [4.78, 5) is 28.1. The lowest BCUT2D eigenvalue weighted by molar-refractivity contribution is 0.0527. The van der Waals surface area contributed by atoms with Gasteiger partial charge in [-0.15, -0.1) is 11.3 Å². The molecule has 2 aromatic rings. The van der Waals surface area contributed by atoms with Crippen molar-refractivity contribution in [2.75, 3.05) is 13.7 Å². The minimum Gasteiger partial charge on any atom is -0.465 e. The number of alkyl carbamates (subject to hydrolysis) is 1. The van der Waals surface area contributed by atoms with Crippen LogP contribution in [0, 0.1) is 0 Å². The third-order valence-electron chi connectivity index (χ3n) is 3.04. The van der Waals surface area contributed by atoms with Crippen molar-refractivity contribution >= 4 is 23.4 Å². The maximum absolute atomic E-state index is 11.8. The van der Waals surface area contributed by atoms with Crippen molar-refractivity contribution in [2.24, 2.45) is 0 Å². The minimum atomic E-state index is -0.530. The molecule has 2 rings (SSSR count). The van der Waals surface area contributed by atoms with Crippen LogP contribution in [0.2, 0.25) is 0 Å². The maximum atomic E-state index is 11.8. The number of nitrogens with zero attached hydrogens (tertiary/aromatic N) is 2. The molecule has 0 aliphatic carbocycles. The normalized spacial score (nSPS) is 11.2. The number of carbonyl (C=O) groups is 2. The number of esters is 1. The highest BCUT2D eigenvalue weighted by molar-refractivity contribution is 7.12. The van der Waals surface area contributed by atoms with E-state index in [-0.39, 0.29) is 5.97 Å². The van der Waals surface area contributed by atoms with Crippen LogP contribution in [0.15, 0.2) is 24.0 Å². The molecule has 0 aromatic carbocycles. The lowest BCUT2D eigenvalue weighted by Gasteiger charge is -2.19. The van der Waals surface area contributed by atoms with Crippen LogP contribution in [0.1, 0.15) is 36.1 Å². The van der Waals surface area contributed by atoms with Gasteiger partial charge in [0.1, 0.15) is 10.5 Å². The third-order valence-corrected chi connectivity index (χ3v) is 3.92. The number of hydrogen-bond donors (Lipinski definition) is 1. The van der Waals surface area contributed by atoms with Crippen molar-refractivity contribution in [2.45, 2.75) is 32.8 Å². The van der Waals surface area contributed by atoms with Gasteiger partial charge in [0.05, 0.1) is 19.1 Å². The lowest BCUT2D eigenvalue weighted by atomic mass is 10.2. The fourth-order valence-electron chi connectivity index (χ4n) is 2.07. The summed E-state index contributed by atoms with van der Waals surface area (Å²) in [6.07, 6.45) is 3.43. The molecule has 0 atom stereocenters. The van der Waals surface area contributed by atoms with Crippen LogP contribution in [0.25, 0.3) is 5.69 Å². The third kappa shape index (κ3) is 4.58. The summed E-state index contributed by atoms with van der Waals surface area (Å²) in [7, 11) is 1.35. The second-order valence-electron chi connectivity index (χ2n) is 6.06. The SMILES string of the molecule is COC(=O)c1sccc1-n1cncc1CCNC(=O)OC(C)(C)C. The van der Waals surface area contributed by atoms with E-state index in [2.05, 4.69) is 10.3 Å². The van der Waals surface area contributed by atoms with Gasteiger partial charge in [-0.05, 0) is 32.2 Å². The van der Waals surface area contributed by atoms with Crippen LogP contribution in [0.5, 0.6) is 0 Å². The summed E-state index contributed by atoms with van der Waals surface area (Å²) in [5.74, 6) is -0.383. The first-order chi connectivity index (χ1) is 11.3. The van der Waals surface area contributed by atoms with E-state index in [1.165, 1.54) is 18.4 Å². The Morgan fingerprint density at radius 2 is 2.12 bits per heavy atom. The largest absolute Gasteiger partial charge is 0.465 e. The summed E-state index contributed by atoms with van der Waals surface area (Å²) in [5.41, 5.74) is 1.06. The van der Waals surface area contributed by atoms with E-state index in [0.717, 1.165) is 11.4 Å². The monoisotopic (exact) mass is 351 g/mol. The molecular weight excluding hydrogens is 330 g/mol. The van der Waals surface area contributed by atoms with Crippen molar-refractivity contribution in [1.29, 1.82) is 0 Å². The van der Waals surface area contributed by atoms with Gasteiger partial charge in [0.15, 0.2) is 0 Å². The van der Waals surface area contributed by atoms with Crippen molar-refractivity contribution in [1.82, 2.24) is 14.9 Å². The molecule has 0 saturated heterocycles. The summed E-state index contributed by atoms with van der Waals surface area (Å²) in [6, 6.07) is 1.84. The zero-order valence-corrected chi connectivity index (χ0v) is 15.0. The molecule has 0 aliphatic rings. The summed E-state index contributed by atoms with van der Waals surface area (Å²) >= 11 is 1.31. The summed E-state index contributed by atoms with van der Waals surface area (Å²) < 4.78 is 11.8. The fraction of sp³-hybridized carbons (Fsp3) is 0.438. The van der Waals surface area contributed by atoms with Gasteiger partial charge in [-0.25, -0.2) is 14.6 Å². The van der Waals surface area contributed by atoms with Gasteiger partial charge in [0, 0.05) is 24.9 Å². The lowest BCUT2D eigenvalue weighted by Crippen LogP contribution is -2.33. The number of amides is 1. The zero-order chi connectivity index (χ0) is 17.7. The van der Waals surface area contributed by atoms with E-state index >= 15 is 0 Å². The van der Waals surface area contributed by atoms with E-state index < -0.39 is 11.7 Å². The predicted octanol–water partition coefficient (Wildman–Crippen LogP) is 2.79. The van der Waals surface area contributed by atoms with Gasteiger partial charge in [0.2, 0.25) is 0 Å². The summed E-state index contributed by atoms with van der Waals surface area (Å²) in [6.45, 7) is 5.84. The molecule has 0 unspecified atom stereocenters. The van der Waals surface area contributed by atoms with Gasteiger partial charge >= 0.3 is 12.1 Å². The predicted molar refractivity (Wildman–Crippen MR) is 90.7 cm³/mol. The molecule has 0 saturated carbocycles. The number of carbonyl (C=O) groups excluding carboxylic acids is 2. The Morgan fingerprint density at radius 3 is 2.79 bits per heavy atom. The van der Waals surface area contributed by atoms with Crippen LogP contribution >= 0.6 is 11.3 Å². The molecular formula is C16H21N3O4S. The van der Waals surface area contributed by atoms with Gasteiger partial charge in [0.25, 0.3) is 0 Å². The number of methoxy groups -OCH3 is 1. The van der Waals surface area contributed by atoms with E-state index in [4.69, 9.17) is 9.47 Å². The van der Waals surface area contributed by atoms with Gasteiger partial charge in [-0.1, -0.05) is 0 Å². The molecule has 24 heavy (non-hydrogen) atoms. The number of rotatable bonds is 5. The number of hydrogen-bond acceptors (Lipinski definition) is 6. The molecule has 1 N–H and O–H groups in total. The number of ether oxygens (including phenoxy) is 2. The number of nitrogens with one attached hydrogen (secondary N) is 1. The standard InChI is InChI=1S/C16H21N3O4S/c1-16(2,3)23-15(21)18-7-5-11-9-17-10-19(11)12-6-8-24-13(12)14(20)22-4/h6,8-10H,5,7H2,1-4H3,(H,18,21). The average Bonchev–Trinajstić information content (AvgIpc) is 3.12. The smallest absolute Gasteiger partial charge is 0.407 e. The van der Waals surface area contributed by atoms with E-state index in [9.17, 15) is 9.59 Å². The highest BCUT2D eigenvalue weighted by atomic mass is 32.1. The number of aromatic nitrogens is 2. The zero-order valence-electron chi connectivity index (χ0n) is 14.2. The Bertz CT molecular complexity index is 715. The molecule has 1 amide bonds. The second kappa shape index (κ2) is 7.48. The Hall–Kier alpha value is -2.35. The molecule has 2 heterocycles. The van der Waals surface area contributed by atoms with Crippen LogP contribution < -0.4 is 5.32 Å². The summed E-state index contributed by atoms with van der Waals surface area (Å²) in [5, 5.41) is 4.53. The molecule has 0 aliphatic heterocycles. The van der Waals surface area contributed by atoms with E-state index in [0.29, 0.717) is 17.8 Å². The highest BCUT2D eigenvalue weighted by Gasteiger charge is 2.18. The topological polar surface area (TPSA) is 82.5 Å². The van der Waals surface area contributed by atoms with Crippen molar-refractivity contribution in [3.8, 4) is 5.69 Å². The average molecular weight is 351 g/mol. The molecule has 130 valence electrons. The Kier molecular flexibility index (Phi) is 5.61. The van der Waals surface area contributed by atoms with Crippen LogP contribution in [-0.2, 0) is 15.9 Å². The van der Waals surface area contributed by atoms with Crippen molar-refractivity contribution in [3.05, 3.63) is 34.5 Å². The van der Waals surface area contributed by atoms with Crippen molar-refractivity contribution < 1.29 is 19.1 Å². The Morgan fingerprint density at radius 1 is 1.38 bits per heavy atom. The van der Waals surface area contributed by atoms with Crippen LogP contribution in [0.3, 0.4) is 0 Å². The van der Waals surface area contributed by atoms with E-state index in [1.807, 2.05) is 36.8 Å². The molecule has 0 bridgehead atoms. The number of imidazole rings is 1. The van der Waals surface area contributed by atoms with E-state index in [1.54, 1.807) is 12.5 Å². The van der Waals surface area contributed by atoms with Crippen molar-refractivity contribution in [3.63, 3.8) is 0 Å². The van der Waals surface area contributed by atoms with Gasteiger partial charge < -0.3 is 19.4 Å². The Balaban J connectivity index is 2.03.